The van der Waals surface area contributed by atoms with Gasteiger partial charge in [0.1, 0.15) is 0 Å². The van der Waals surface area contributed by atoms with Gasteiger partial charge in [0, 0.05) is 11.8 Å². The first-order chi connectivity index (χ1) is 37.4. The summed E-state index contributed by atoms with van der Waals surface area (Å²) in [6.07, 6.45) is 0. The highest BCUT2D eigenvalue weighted by Gasteiger charge is 2.43. The molecule has 0 radical (unpaired) electrons. The SMILES string of the molecule is CC(C)(C)c1ccc2c(c1)c1cc(C(C)(C)C)ccc1c1cc3c(cc21)C1c2cc4c5ccc(C(C)(C)C)cc5c5cc(C(C)(C)C)ccc5c4cc2C3c2cc3c4ccc(C(C)(C)C)cc4c4cc(C(C)(C)C)ccc4c3cc21. The number of hydrogen-bond acceptors (Lipinski definition) is 0. The first-order valence-electron chi connectivity index (χ1n) is 29.9. The number of benzene rings is 12. The zero-order valence-electron chi connectivity index (χ0n) is 51.0. The zero-order chi connectivity index (χ0) is 56.4. The number of rotatable bonds is 0. The van der Waals surface area contributed by atoms with Crippen LogP contribution in [0.4, 0.5) is 0 Å². The van der Waals surface area contributed by atoms with Gasteiger partial charge in [0.05, 0.1) is 0 Å². The lowest BCUT2D eigenvalue weighted by Crippen LogP contribution is -2.27. The topological polar surface area (TPSA) is 0 Å². The fourth-order valence-corrected chi connectivity index (χ4v) is 14.6. The fourth-order valence-electron chi connectivity index (χ4n) is 14.6. The molecule has 3 aliphatic rings. The van der Waals surface area contributed by atoms with Gasteiger partial charge < -0.3 is 0 Å². The van der Waals surface area contributed by atoms with Crippen molar-refractivity contribution < 1.29 is 0 Å². The van der Waals surface area contributed by atoms with Crippen LogP contribution in [0.15, 0.2) is 146 Å². The predicted octanol–water partition coefficient (Wildman–Crippen LogP) is 22.8. The van der Waals surface area contributed by atoms with Crippen LogP contribution in [-0.2, 0) is 32.5 Å². The smallest absolute Gasteiger partial charge is 0.0349 e. The van der Waals surface area contributed by atoms with Crippen molar-refractivity contribution in [2.75, 3.05) is 0 Å². The van der Waals surface area contributed by atoms with Gasteiger partial charge in [-0.2, -0.15) is 0 Å². The van der Waals surface area contributed by atoms with Crippen LogP contribution in [0.3, 0.4) is 0 Å². The Morgan fingerprint density at radius 3 is 0.412 bits per heavy atom. The summed E-state index contributed by atoms with van der Waals surface area (Å²) < 4.78 is 0. The van der Waals surface area contributed by atoms with Crippen molar-refractivity contribution in [3.05, 3.63) is 212 Å². The van der Waals surface area contributed by atoms with E-state index < -0.39 is 0 Å². The average Bonchev–Trinajstić information content (AvgIpc) is 3.53. The van der Waals surface area contributed by atoms with E-state index >= 15 is 0 Å². The minimum Gasteiger partial charge on any atom is -0.0578 e. The van der Waals surface area contributed by atoms with E-state index in [1.54, 1.807) is 0 Å². The maximum absolute atomic E-state index is 2.67. The van der Waals surface area contributed by atoms with Crippen molar-refractivity contribution >= 4 is 97.0 Å². The van der Waals surface area contributed by atoms with Crippen LogP contribution in [0.1, 0.15) is 203 Å². The Morgan fingerprint density at radius 2 is 0.287 bits per heavy atom. The van der Waals surface area contributed by atoms with E-state index in [9.17, 15) is 0 Å². The largest absolute Gasteiger partial charge is 0.0578 e. The fraction of sp³-hybridized carbons (Fsp3) is 0.325. The van der Waals surface area contributed by atoms with Gasteiger partial charge in [0.2, 0.25) is 0 Å². The van der Waals surface area contributed by atoms with Crippen molar-refractivity contribution in [3.63, 3.8) is 0 Å². The summed E-state index contributed by atoms with van der Waals surface area (Å²) in [5.41, 5.74) is 17.1. The summed E-state index contributed by atoms with van der Waals surface area (Å²) in [5, 5.41) is 24.3. The van der Waals surface area contributed by atoms with E-state index in [-0.39, 0.29) is 44.3 Å². The third kappa shape index (κ3) is 7.52. The lowest BCUT2D eigenvalue weighted by molar-refractivity contribution is 0.590. The molecule has 2 bridgehead atoms. The second-order valence-corrected chi connectivity index (χ2v) is 31.0. The van der Waals surface area contributed by atoms with Gasteiger partial charge in [-0.1, -0.05) is 197 Å². The van der Waals surface area contributed by atoms with Crippen LogP contribution in [0.25, 0.3) is 97.0 Å². The Labute approximate surface area is 475 Å². The molecule has 0 saturated heterocycles. The summed E-state index contributed by atoms with van der Waals surface area (Å²) in [7, 11) is 0. The lowest BCUT2D eigenvalue weighted by Gasteiger charge is -2.43. The van der Waals surface area contributed by atoms with E-state index in [0.717, 1.165) is 0 Å². The molecule has 0 unspecified atom stereocenters. The quantitative estimate of drug-likeness (QED) is 0.133. The van der Waals surface area contributed by atoms with Crippen molar-refractivity contribution in [2.45, 2.75) is 169 Å². The summed E-state index contributed by atoms with van der Waals surface area (Å²) in [4.78, 5) is 0. The molecule has 0 spiro atoms. The molecule has 0 aromatic heterocycles. The third-order valence-electron chi connectivity index (χ3n) is 19.5. The Kier molecular flexibility index (Phi) is 10.4. The molecule has 12 aromatic rings. The molecule has 0 saturated carbocycles. The first kappa shape index (κ1) is 51.1. The zero-order valence-corrected chi connectivity index (χ0v) is 51.0. The predicted molar refractivity (Wildman–Crippen MR) is 351 cm³/mol. The molecule has 12 aromatic carbocycles. The second kappa shape index (κ2) is 16.3. The highest BCUT2D eigenvalue weighted by atomic mass is 14.5. The Bertz CT molecular complexity index is 3950. The van der Waals surface area contributed by atoms with Crippen LogP contribution in [-0.4, -0.2) is 0 Å². The molecule has 15 rings (SSSR count). The lowest BCUT2D eigenvalue weighted by atomic mass is 9.59. The summed E-state index contributed by atoms with van der Waals surface area (Å²) in [6, 6.07) is 60.3. The van der Waals surface area contributed by atoms with Gasteiger partial charge in [-0.05, 0) is 269 Å². The number of hydrogen-bond donors (Lipinski definition) is 0. The van der Waals surface area contributed by atoms with Crippen LogP contribution < -0.4 is 0 Å². The minimum absolute atomic E-state index is 0.0163. The van der Waals surface area contributed by atoms with Gasteiger partial charge in [0.15, 0.2) is 0 Å². The van der Waals surface area contributed by atoms with Crippen molar-refractivity contribution in [3.8, 4) is 0 Å². The Balaban J connectivity index is 1.14. The molecular weight excluding hydrogens is 961 g/mol. The third-order valence-corrected chi connectivity index (χ3v) is 19.5. The maximum atomic E-state index is 2.67. The normalized spacial score (nSPS) is 16.1. The van der Waals surface area contributed by atoms with Gasteiger partial charge in [-0.25, -0.2) is 0 Å². The summed E-state index contributed by atoms with van der Waals surface area (Å²) in [6.45, 7) is 42.3. The molecule has 400 valence electrons. The van der Waals surface area contributed by atoms with E-state index in [0.29, 0.717) is 0 Å². The molecule has 0 atom stereocenters. The second-order valence-electron chi connectivity index (χ2n) is 31.0. The van der Waals surface area contributed by atoms with E-state index in [1.165, 1.54) is 164 Å². The van der Waals surface area contributed by atoms with Gasteiger partial charge in [-0.3, -0.25) is 0 Å². The minimum atomic E-state index is 0.0163. The van der Waals surface area contributed by atoms with Gasteiger partial charge >= 0.3 is 0 Å². The van der Waals surface area contributed by atoms with E-state index in [2.05, 4.69) is 270 Å². The highest BCUT2D eigenvalue weighted by Crippen LogP contribution is 2.60. The molecule has 3 aliphatic carbocycles. The van der Waals surface area contributed by atoms with Crippen molar-refractivity contribution in [1.29, 1.82) is 0 Å². The molecular formula is C80H80. The number of fused-ring (bicyclic) bond motifs is 18. The van der Waals surface area contributed by atoms with Crippen LogP contribution in [0.2, 0.25) is 0 Å². The summed E-state index contributed by atoms with van der Waals surface area (Å²) >= 11 is 0. The molecule has 80 heavy (non-hydrogen) atoms. The average molecular weight is 1040 g/mol. The molecule has 0 amide bonds. The van der Waals surface area contributed by atoms with Crippen molar-refractivity contribution in [1.82, 2.24) is 0 Å². The molecule has 0 nitrogen and oxygen atoms in total. The highest BCUT2D eigenvalue weighted by molar-refractivity contribution is 6.29. The first-order valence-corrected chi connectivity index (χ1v) is 29.9. The van der Waals surface area contributed by atoms with Crippen LogP contribution in [0.5, 0.6) is 0 Å². The standard InChI is InChI=1S/C80H80/c1-75(2,3)43-19-25-49-55(31-43)56-32-44(76(4,5)6)20-26-50(56)62-38-68-67(37-61(49)62)73-69-39-63-51-27-21-45(77(7,8)9)33-57(51)59-35-47(79(13,14)15)23-29-53(59)65(63)41-71(69)74(68)72-42-66-54-30-24-48(80(16,17)18)36-60(54)58-34-46(78(10,11)12)22-28-52(58)64(66)40-70(72)73/h19-42,73-74H,1-18H3. The maximum Gasteiger partial charge on any atom is 0.0349 e. The Morgan fingerprint density at radius 1 is 0.163 bits per heavy atom. The van der Waals surface area contributed by atoms with Crippen molar-refractivity contribution in [2.24, 2.45) is 0 Å². The molecule has 0 N–H and O–H groups in total. The molecule has 0 fully saturated rings. The van der Waals surface area contributed by atoms with Crippen LogP contribution >= 0.6 is 0 Å². The van der Waals surface area contributed by atoms with E-state index in [1.807, 2.05) is 0 Å². The molecule has 0 heterocycles. The molecule has 0 aliphatic heterocycles. The monoisotopic (exact) mass is 1040 g/mol. The van der Waals surface area contributed by atoms with Gasteiger partial charge in [0.25, 0.3) is 0 Å². The summed E-state index contributed by atoms with van der Waals surface area (Å²) in [5.74, 6) is 0.0681. The van der Waals surface area contributed by atoms with Gasteiger partial charge in [-0.15, -0.1) is 0 Å². The van der Waals surface area contributed by atoms with Crippen LogP contribution in [0, 0.1) is 0 Å². The van der Waals surface area contributed by atoms with E-state index in [4.69, 9.17) is 0 Å². The Hall–Kier alpha value is -7.02. The molecule has 0 heteroatoms.